The SMILES string of the molecule is C=Cc1ccc(CCCO[Si](CCC)(CCC)OC)cc1. The summed E-state index contributed by atoms with van der Waals surface area (Å²) in [5, 5.41) is 0. The van der Waals surface area contributed by atoms with Gasteiger partial charge in [0.1, 0.15) is 0 Å². The Morgan fingerprint density at radius 3 is 2.19 bits per heavy atom. The Morgan fingerprint density at radius 2 is 1.71 bits per heavy atom. The van der Waals surface area contributed by atoms with E-state index in [2.05, 4.69) is 44.7 Å². The molecule has 0 amide bonds. The smallest absolute Gasteiger partial charge is 0.337 e. The maximum absolute atomic E-state index is 6.23. The molecular formula is C18H30O2Si. The van der Waals surface area contributed by atoms with Crippen LogP contribution in [0.5, 0.6) is 0 Å². The zero-order valence-corrected chi connectivity index (χ0v) is 14.9. The van der Waals surface area contributed by atoms with Crippen LogP contribution in [0.25, 0.3) is 6.08 Å². The van der Waals surface area contributed by atoms with E-state index >= 15 is 0 Å². The van der Waals surface area contributed by atoms with Gasteiger partial charge in [-0.25, -0.2) is 0 Å². The summed E-state index contributed by atoms with van der Waals surface area (Å²) in [5.41, 5.74) is 2.53. The predicted molar refractivity (Wildman–Crippen MR) is 93.8 cm³/mol. The van der Waals surface area contributed by atoms with Gasteiger partial charge in [0.25, 0.3) is 0 Å². The molecule has 0 unspecified atom stereocenters. The van der Waals surface area contributed by atoms with Crippen molar-refractivity contribution in [3.05, 3.63) is 42.0 Å². The van der Waals surface area contributed by atoms with E-state index in [-0.39, 0.29) is 0 Å². The van der Waals surface area contributed by atoms with E-state index in [0.29, 0.717) is 0 Å². The second-order valence-electron chi connectivity index (χ2n) is 5.51. The molecule has 2 nitrogen and oxygen atoms in total. The van der Waals surface area contributed by atoms with E-state index in [1.165, 1.54) is 11.1 Å². The van der Waals surface area contributed by atoms with E-state index in [1.807, 2.05) is 13.2 Å². The van der Waals surface area contributed by atoms with Crippen LogP contribution in [0.2, 0.25) is 12.1 Å². The molecule has 0 saturated carbocycles. The Balaban J connectivity index is 2.40. The minimum absolute atomic E-state index is 0.809. The van der Waals surface area contributed by atoms with Gasteiger partial charge in [0.15, 0.2) is 0 Å². The lowest BCUT2D eigenvalue weighted by Gasteiger charge is -2.28. The summed E-state index contributed by atoms with van der Waals surface area (Å²) in [6.07, 6.45) is 6.27. The molecule has 1 rings (SSSR count). The van der Waals surface area contributed by atoms with Gasteiger partial charge in [-0.15, -0.1) is 0 Å². The Bertz CT molecular complexity index is 394. The Labute approximate surface area is 131 Å². The molecule has 1 aromatic carbocycles. The maximum atomic E-state index is 6.23. The average molecular weight is 307 g/mol. The molecule has 0 fully saturated rings. The Kier molecular flexibility index (Phi) is 8.58. The molecule has 3 heteroatoms. The summed E-state index contributed by atoms with van der Waals surface area (Å²) in [6.45, 7) is 9.01. The molecular weight excluding hydrogens is 276 g/mol. The molecule has 21 heavy (non-hydrogen) atoms. The van der Waals surface area contributed by atoms with Crippen LogP contribution in [0.3, 0.4) is 0 Å². The van der Waals surface area contributed by atoms with E-state index in [0.717, 1.165) is 44.4 Å². The molecule has 1 aromatic rings. The second kappa shape index (κ2) is 9.93. The highest BCUT2D eigenvalue weighted by molar-refractivity contribution is 6.67. The highest BCUT2D eigenvalue weighted by atomic mass is 28.4. The monoisotopic (exact) mass is 306 g/mol. The van der Waals surface area contributed by atoms with Gasteiger partial charge in [-0.2, -0.15) is 0 Å². The zero-order chi connectivity index (χ0) is 15.6. The molecule has 0 saturated heterocycles. The highest BCUT2D eigenvalue weighted by Crippen LogP contribution is 2.22. The summed E-state index contributed by atoms with van der Waals surface area (Å²) in [6, 6.07) is 10.8. The third-order valence-electron chi connectivity index (χ3n) is 3.82. The number of aryl methyl sites for hydroxylation is 1. The van der Waals surface area contributed by atoms with Gasteiger partial charge in [0.2, 0.25) is 0 Å². The van der Waals surface area contributed by atoms with E-state index in [9.17, 15) is 0 Å². The molecule has 0 aromatic heterocycles. The quantitative estimate of drug-likeness (QED) is 0.414. The largest absolute Gasteiger partial charge is 0.398 e. The van der Waals surface area contributed by atoms with Gasteiger partial charge in [0, 0.05) is 13.7 Å². The van der Waals surface area contributed by atoms with Gasteiger partial charge < -0.3 is 8.85 Å². The third-order valence-corrected chi connectivity index (χ3v) is 7.82. The van der Waals surface area contributed by atoms with Crippen molar-refractivity contribution in [2.24, 2.45) is 0 Å². The lowest BCUT2D eigenvalue weighted by atomic mass is 10.1. The molecule has 0 aliphatic rings. The molecule has 0 aliphatic carbocycles. The van der Waals surface area contributed by atoms with Gasteiger partial charge in [-0.3, -0.25) is 0 Å². The normalized spacial score (nSPS) is 11.6. The minimum atomic E-state index is -1.94. The van der Waals surface area contributed by atoms with Crippen LogP contribution < -0.4 is 0 Å². The van der Waals surface area contributed by atoms with Crippen LogP contribution in [-0.2, 0) is 15.3 Å². The first-order valence-electron chi connectivity index (χ1n) is 8.10. The average Bonchev–Trinajstić information content (AvgIpc) is 2.52. The Hall–Kier alpha value is -0.903. The molecule has 0 spiro atoms. The van der Waals surface area contributed by atoms with Crippen molar-refractivity contribution in [2.45, 2.75) is 51.6 Å². The minimum Gasteiger partial charge on any atom is -0.398 e. The molecule has 0 bridgehead atoms. The fourth-order valence-corrected chi connectivity index (χ4v) is 5.75. The second-order valence-corrected chi connectivity index (χ2v) is 9.03. The van der Waals surface area contributed by atoms with E-state index < -0.39 is 8.56 Å². The molecule has 0 atom stereocenters. The Morgan fingerprint density at radius 1 is 1.10 bits per heavy atom. The first-order valence-corrected chi connectivity index (χ1v) is 10.3. The summed E-state index contributed by atoms with van der Waals surface area (Å²) in [4.78, 5) is 0. The summed E-state index contributed by atoms with van der Waals surface area (Å²) in [7, 11) is -0.111. The maximum Gasteiger partial charge on any atom is 0.337 e. The van der Waals surface area contributed by atoms with Crippen LogP contribution in [0.4, 0.5) is 0 Å². The third kappa shape index (κ3) is 6.16. The van der Waals surface area contributed by atoms with Crippen molar-refractivity contribution in [2.75, 3.05) is 13.7 Å². The molecule has 118 valence electrons. The van der Waals surface area contributed by atoms with Gasteiger partial charge in [-0.1, -0.05) is 63.6 Å². The number of rotatable bonds is 11. The van der Waals surface area contributed by atoms with Crippen LogP contribution in [-0.4, -0.2) is 22.3 Å². The molecule has 0 N–H and O–H groups in total. The van der Waals surface area contributed by atoms with Gasteiger partial charge >= 0.3 is 8.56 Å². The first-order chi connectivity index (χ1) is 10.2. The van der Waals surface area contributed by atoms with Crippen molar-refractivity contribution < 1.29 is 8.85 Å². The summed E-state index contributed by atoms with van der Waals surface area (Å²) in [5.74, 6) is 0. The van der Waals surface area contributed by atoms with Crippen LogP contribution >= 0.6 is 0 Å². The van der Waals surface area contributed by atoms with Crippen molar-refractivity contribution in [1.82, 2.24) is 0 Å². The number of benzene rings is 1. The molecule has 0 aliphatic heterocycles. The van der Waals surface area contributed by atoms with E-state index in [4.69, 9.17) is 8.85 Å². The van der Waals surface area contributed by atoms with Crippen molar-refractivity contribution in [3.8, 4) is 0 Å². The van der Waals surface area contributed by atoms with Crippen LogP contribution in [0.15, 0.2) is 30.8 Å². The predicted octanol–water partition coefficient (Wildman–Crippen LogP) is 5.19. The van der Waals surface area contributed by atoms with Crippen molar-refractivity contribution in [1.29, 1.82) is 0 Å². The summed E-state index contributed by atoms with van der Waals surface area (Å²) < 4.78 is 12.0. The van der Waals surface area contributed by atoms with Crippen LogP contribution in [0.1, 0.15) is 44.2 Å². The topological polar surface area (TPSA) is 18.5 Å². The number of hydrogen-bond donors (Lipinski definition) is 0. The van der Waals surface area contributed by atoms with Crippen LogP contribution in [0, 0.1) is 0 Å². The van der Waals surface area contributed by atoms with Crippen molar-refractivity contribution >= 4 is 14.6 Å². The van der Waals surface area contributed by atoms with Crippen molar-refractivity contribution in [3.63, 3.8) is 0 Å². The lowest BCUT2D eigenvalue weighted by Crippen LogP contribution is -2.41. The molecule has 0 radical (unpaired) electrons. The van der Waals surface area contributed by atoms with Gasteiger partial charge in [0.05, 0.1) is 0 Å². The zero-order valence-electron chi connectivity index (χ0n) is 13.9. The summed E-state index contributed by atoms with van der Waals surface area (Å²) >= 11 is 0. The lowest BCUT2D eigenvalue weighted by molar-refractivity contribution is 0.194. The number of hydrogen-bond acceptors (Lipinski definition) is 2. The fourth-order valence-electron chi connectivity index (χ4n) is 2.65. The molecule has 0 heterocycles. The standard InChI is InChI=1S/C18H30O2Si/c1-5-15-21(19-4,16-6-2)20-14-8-9-18-12-10-17(7-3)11-13-18/h7,10-13H,3,5-6,8-9,14-16H2,1-2,4H3. The fraction of sp³-hybridized carbons (Fsp3) is 0.556. The van der Waals surface area contributed by atoms with Gasteiger partial charge in [-0.05, 0) is 36.1 Å². The highest BCUT2D eigenvalue weighted by Gasteiger charge is 2.34. The van der Waals surface area contributed by atoms with E-state index in [1.54, 1.807) is 0 Å². The first kappa shape index (κ1) is 18.1.